The summed E-state index contributed by atoms with van der Waals surface area (Å²) in [5.74, 6) is -0.140. The molecule has 1 aromatic heterocycles. The van der Waals surface area contributed by atoms with E-state index in [1.165, 1.54) is 11.3 Å². The van der Waals surface area contributed by atoms with E-state index in [2.05, 4.69) is 4.98 Å². The number of amides is 1. The second-order valence-electron chi connectivity index (χ2n) is 3.65. The van der Waals surface area contributed by atoms with Crippen LogP contribution in [0.5, 0.6) is 0 Å². The summed E-state index contributed by atoms with van der Waals surface area (Å²) >= 11 is 6.27. The van der Waals surface area contributed by atoms with Crippen molar-refractivity contribution in [1.29, 1.82) is 0 Å². The van der Waals surface area contributed by atoms with E-state index in [0.29, 0.717) is 10.7 Å². The fraction of sp³-hybridized carbons (Fsp3) is 0.0833. The lowest BCUT2D eigenvalue weighted by Gasteiger charge is -2.16. The number of benzene rings is 1. The summed E-state index contributed by atoms with van der Waals surface area (Å²) < 4.78 is 0. The molecule has 0 unspecified atom stereocenters. The molecule has 0 saturated heterocycles. The van der Waals surface area contributed by atoms with Gasteiger partial charge in [0.2, 0.25) is 0 Å². The molecule has 0 aliphatic heterocycles. The molecule has 2 N–H and O–H groups in total. The average molecular weight is 277 g/mol. The van der Waals surface area contributed by atoms with Crippen LogP contribution in [0.1, 0.15) is 16.1 Å². The van der Waals surface area contributed by atoms with Gasteiger partial charge in [0.1, 0.15) is 10.7 Å². The fourth-order valence-electron chi connectivity index (χ4n) is 1.46. The molecule has 0 saturated carbocycles. The smallest absolute Gasteiger partial charge is 0.277 e. The maximum Gasteiger partial charge on any atom is 0.277 e. The lowest BCUT2D eigenvalue weighted by Crippen LogP contribution is -2.26. The highest BCUT2D eigenvalue weighted by molar-refractivity contribution is 7.80. The van der Waals surface area contributed by atoms with Crippen molar-refractivity contribution in [3.63, 3.8) is 0 Å². The average Bonchev–Trinajstić information content (AvgIpc) is 2.91. The van der Waals surface area contributed by atoms with Crippen LogP contribution in [0.4, 0.5) is 5.69 Å². The van der Waals surface area contributed by atoms with Crippen molar-refractivity contribution in [2.24, 2.45) is 5.73 Å². The Morgan fingerprint density at radius 2 is 2.06 bits per heavy atom. The largest absolute Gasteiger partial charge is 0.389 e. The van der Waals surface area contributed by atoms with Gasteiger partial charge in [-0.3, -0.25) is 4.79 Å². The first-order chi connectivity index (χ1) is 8.59. The molecule has 0 radical (unpaired) electrons. The zero-order chi connectivity index (χ0) is 13.1. The number of thiazole rings is 1. The van der Waals surface area contributed by atoms with Gasteiger partial charge in [-0.2, -0.15) is 0 Å². The Hall–Kier alpha value is -1.79. The van der Waals surface area contributed by atoms with E-state index in [1.54, 1.807) is 47.1 Å². The third kappa shape index (κ3) is 2.55. The number of carbonyl (C=O) groups excluding carboxylic acids is 1. The summed E-state index contributed by atoms with van der Waals surface area (Å²) in [5.41, 5.74) is 9.15. The number of anilines is 1. The van der Waals surface area contributed by atoms with Gasteiger partial charge in [0.15, 0.2) is 0 Å². The molecule has 92 valence electrons. The number of hydrogen-bond donors (Lipinski definition) is 1. The van der Waals surface area contributed by atoms with Crippen LogP contribution < -0.4 is 10.6 Å². The number of carbonyl (C=O) groups is 1. The molecule has 0 atom stereocenters. The zero-order valence-corrected chi connectivity index (χ0v) is 11.3. The van der Waals surface area contributed by atoms with Gasteiger partial charge in [-0.05, 0) is 24.3 Å². The minimum absolute atomic E-state index is 0.140. The Labute approximate surface area is 114 Å². The molecular formula is C12H11N3OS2. The van der Waals surface area contributed by atoms with Crippen LogP contribution >= 0.6 is 23.6 Å². The predicted octanol–water partition coefficient (Wildman–Crippen LogP) is 2.05. The second kappa shape index (κ2) is 5.24. The highest BCUT2D eigenvalue weighted by atomic mass is 32.1. The topological polar surface area (TPSA) is 59.2 Å². The molecule has 0 fully saturated rings. The van der Waals surface area contributed by atoms with E-state index < -0.39 is 0 Å². The number of aromatic nitrogens is 1. The first kappa shape index (κ1) is 12.7. The van der Waals surface area contributed by atoms with Gasteiger partial charge in [-0.25, -0.2) is 4.98 Å². The Morgan fingerprint density at radius 3 is 2.56 bits per heavy atom. The highest BCUT2D eigenvalue weighted by Crippen LogP contribution is 2.16. The molecule has 6 heteroatoms. The minimum atomic E-state index is -0.140. The van der Waals surface area contributed by atoms with Gasteiger partial charge in [-0.1, -0.05) is 12.2 Å². The molecule has 0 spiro atoms. The molecule has 2 rings (SSSR count). The van der Waals surface area contributed by atoms with Crippen LogP contribution in [0.15, 0.2) is 35.2 Å². The number of nitrogens with two attached hydrogens (primary N) is 1. The summed E-state index contributed by atoms with van der Waals surface area (Å²) in [5, 5.41) is 1.72. The molecule has 1 amide bonds. The fourth-order valence-corrected chi connectivity index (χ4v) is 2.12. The molecule has 0 bridgehead atoms. The normalized spacial score (nSPS) is 10.1. The molecule has 2 aromatic rings. The van der Waals surface area contributed by atoms with Crippen molar-refractivity contribution in [2.75, 3.05) is 11.9 Å². The summed E-state index contributed by atoms with van der Waals surface area (Å²) in [4.78, 5) is 17.9. The standard InChI is InChI=1S/C12H11N3OS2/c1-15(12(16)10-6-18-7-14-10)9-4-2-8(3-5-9)11(13)17/h2-7H,1H3,(H2,13,17). The van der Waals surface area contributed by atoms with Crippen molar-refractivity contribution in [2.45, 2.75) is 0 Å². The number of rotatable bonds is 3. The van der Waals surface area contributed by atoms with Gasteiger partial charge in [0, 0.05) is 23.7 Å². The second-order valence-corrected chi connectivity index (χ2v) is 4.81. The monoisotopic (exact) mass is 277 g/mol. The molecule has 18 heavy (non-hydrogen) atoms. The quantitative estimate of drug-likeness (QED) is 0.872. The van der Waals surface area contributed by atoms with Crippen LogP contribution in [-0.4, -0.2) is 22.9 Å². The molecule has 4 nitrogen and oxygen atoms in total. The molecule has 0 aliphatic carbocycles. The van der Waals surface area contributed by atoms with Crippen molar-refractivity contribution >= 4 is 40.1 Å². The van der Waals surface area contributed by atoms with Gasteiger partial charge < -0.3 is 10.6 Å². The summed E-state index contributed by atoms with van der Waals surface area (Å²) in [6, 6.07) is 7.20. The minimum Gasteiger partial charge on any atom is -0.389 e. The van der Waals surface area contributed by atoms with E-state index in [1.807, 2.05) is 0 Å². The Morgan fingerprint density at radius 1 is 1.39 bits per heavy atom. The van der Waals surface area contributed by atoms with Gasteiger partial charge in [-0.15, -0.1) is 11.3 Å². The molecule has 0 aliphatic rings. The van der Waals surface area contributed by atoms with Gasteiger partial charge in [0.25, 0.3) is 5.91 Å². The summed E-state index contributed by atoms with van der Waals surface area (Å²) in [6.45, 7) is 0. The Bertz CT molecular complexity index is 564. The van der Waals surface area contributed by atoms with E-state index in [9.17, 15) is 4.79 Å². The van der Waals surface area contributed by atoms with Gasteiger partial charge >= 0.3 is 0 Å². The van der Waals surface area contributed by atoms with E-state index in [-0.39, 0.29) is 5.91 Å². The van der Waals surface area contributed by atoms with Crippen LogP contribution in [0, 0.1) is 0 Å². The van der Waals surface area contributed by atoms with Gasteiger partial charge in [0.05, 0.1) is 5.51 Å². The summed E-state index contributed by atoms with van der Waals surface area (Å²) in [7, 11) is 1.71. The van der Waals surface area contributed by atoms with Crippen LogP contribution in [0.25, 0.3) is 0 Å². The molecule has 1 aromatic carbocycles. The van der Waals surface area contributed by atoms with E-state index in [4.69, 9.17) is 18.0 Å². The maximum absolute atomic E-state index is 12.0. The van der Waals surface area contributed by atoms with E-state index >= 15 is 0 Å². The van der Waals surface area contributed by atoms with Crippen molar-refractivity contribution in [1.82, 2.24) is 4.98 Å². The first-order valence-electron chi connectivity index (χ1n) is 5.15. The van der Waals surface area contributed by atoms with Crippen LogP contribution in [-0.2, 0) is 0 Å². The highest BCUT2D eigenvalue weighted by Gasteiger charge is 2.15. The number of thiocarbonyl (C=S) groups is 1. The third-order valence-electron chi connectivity index (χ3n) is 2.50. The zero-order valence-electron chi connectivity index (χ0n) is 9.66. The molecule has 1 heterocycles. The predicted molar refractivity (Wildman–Crippen MR) is 77.2 cm³/mol. The van der Waals surface area contributed by atoms with Crippen LogP contribution in [0.2, 0.25) is 0 Å². The number of nitrogens with zero attached hydrogens (tertiary/aromatic N) is 2. The Kier molecular flexibility index (Phi) is 3.69. The number of hydrogen-bond acceptors (Lipinski definition) is 4. The lowest BCUT2D eigenvalue weighted by molar-refractivity contribution is 0.0989. The SMILES string of the molecule is CN(C(=O)c1cscn1)c1ccc(C(N)=S)cc1. The van der Waals surface area contributed by atoms with Crippen molar-refractivity contribution in [3.05, 3.63) is 46.4 Å². The Balaban J connectivity index is 2.21. The molecular weight excluding hydrogens is 266 g/mol. The maximum atomic E-state index is 12.0. The summed E-state index contributed by atoms with van der Waals surface area (Å²) in [6.07, 6.45) is 0. The lowest BCUT2D eigenvalue weighted by atomic mass is 10.2. The third-order valence-corrected chi connectivity index (χ3v) is 3.32. The van der Waals surface area contributed by atoms with Crippen LogP contribution in [0.3, 0.4) is 0 Å². The first-order valence-corrected chi connectivity index (χ1v) is 6.51. The van der Waals surface area contributed by atoms with Crippen molar-refractivity contribution in [3.8, 4) is 0 Å². The van der Waals surface area contributed by atoms with Crippen molar-refractivity contribution < 1.29 is 4.79 Å². The van der Waals surface area contributed by atoms with E-state index in [0.717, 1.165) is 11.3 Å².